The van der Waals surface area contributed by atoms with Gasteiger partial charge in [0.05, 0.1) is 0 Å². The number of halogens is 1. The summed E-state index contributed by atoms with van der Waals surface area (Å²) >= 11 is 5.83. The van der Waals surface area contributed by atoms with Crippen LogP contribution in [0.15, 0.2) is 24.3 Å². The van der Waals surface area contributed by atoms with Crippen LogP contribution in [0.5, 0.6) is 0 Å². The van der Waals surface area contributed by atoms with Gasteiger partial charge in [-0.2, -0.15) is 0 Å². The first-order chi connectivity index (χ1) is 6.79. The lowest BCUT2D eigenvalue weighted by Gasteiger charge is -2.17. The Labute approximate surface area is 90.5 Å². The summed E-state index contributed by atoms with van der Waals surface area (Å²) in [5.74, 6) is 0.899. The minimum Gasteiger partial charge on any atom is -0.382 e. The van der Waals surface area contributed by atoms with Crippen LogP contribution in [0.1, 0.15) is 26.2 Å². The van der Waals surface area contributed by atoms with Gasteiger partial charge in [-0.1, -0.05) is 18.5 Å². The maximum absolute atomic E-state index is 5.83. The van der Waals surface area contributed by atoms with E-state index in [1.807, 2.05) is 24.3 Å². The van der Waals surface area contributed by atoms with Gasteiger partial charge in [0, 0.05) is 16.8 Å². The Bertz CT molecular complexity index is 290. The molecule has 1 aliphatic carbocycles. The van der Waals surface area contributed by atoms with E-state index in [0.717, 1.165) is 10.9 Å². The standard InChI is InChI=1S/C12H16ClN/c1-2-12(9-3-4-9)14-11-7-5-10(13)6-8-11/h5-9,12,14H,2-4H2,1H3. The Balaban J connectivity index is 1.98. The zero-order valence-electron chi connectivity index (χ0n) is 8.46. The van der Waals surface area contributed by atoms with Gasteiger partial charge >= 0.3 is 0 Å². The quantitative estimate of drug-likeness (QED) is 0.792. The summed E-state index contributed by atoms with van der Waals surface area (Å²) in [4.78, 5) is 0. The van der Waals surface area contributed by atoms with Crippen molar-refractivity contribution in [3.05, 3.63) is 29.3 Å². The SMILES string of the molecule is CCC(Nc1ccc(Cl)cc1)C1CC1. The Kier molecular flexibility index (Phi) is 2.97. The highest BCUT2D eigenvalue weighted by atomic mass is 35.5. The molecule has 0 aromatic heterocycles. The highest BCUT2D eigenvalue weighted by molar-refractivity contribution is 6.30. The Morgan fingerprint density at radius 3 is 2.50 bits per heavy atom. The Hall–Kier alpha value is -0.690. The fourth-order valence-electron chi connectivity index (χ4n) is 1.81. The summed E-state index contributed by atoms with van der Waals surface area (Å²) < 4.78 is 0. The first-order valence-corrected chi connectivity index (χ1v) is 5.69. The smallest absolute Gasteiger partial charge is 0.0407 e. The van der Waals surface area contributed by atoms with Gasteiger partial charge < -0.3 is 5.32 Å². The van der Waals surface area contributed by atoms with Crippen LogP contribution in [0.25, 0.3) is 0 Å². The van der Waals surface area contributed by atoms with E-state index in [1.165, 1.54) is 24.9 Å². The van der Waals surface area contributed by atoms with E-state index < -0.39 is 0 Å². The van der Waals surface area contributed by atoms with E-state index in [4.69, 9.17) is 11.6 Å². The molecule has 1 saturated carbocycles. The van der Waals surface area contributed by atoms with Crippen molar-refractivity contribution in [1.82, 2.24) is 0 Å². The molecule has 1 aliphatic rings. The lowest BCUT2D eigenvalue weighted by atomic mass is 10.1. The van der Waals surface area contributed by atoms with Gasteiger partial charge in [-0.05, 0) is 49.4 Å². The number of benzene rings is 1. The van der Waals surface area contributed by atoms with E-state index in [2.05, 4.69) is 12.2 Å². The molecule has 0 aliphatic heterocycles. The average Bonchev–Trinajstić information content (AvgIpc) is 3.01. The number of anilines is 1. The molecule has 0 amide bonds. The summed E-state index contributed by atoms with van der Waals surface area (Å²) in [6.45, 7) is 2.24. The Morgan fingerprint density at radius 1 is 1.36 bits per heavy atom. The molecule has 0 saturated heterocycles. The second kappa shape index (κ2) is 4.22. The second-order valence-corrected chi connectivity index (χ2v) is 4.44. The first kappa shape index (κ1) is 9.85. The molecular weight excluding hydrogens is 194 g/mol. The number of hydrogen-bond acceptors (Lipinski definition) is 1. The van der Waals surface area contributed by atoms with Crippen molar-refractivity contribution < 1.29 is 0 Å². The monoisotopic (exact) mass is 209 g/mol. The van der Waals surface area contributed by atoms with Gasteiger partial charge in [0.1, 0.15) is 0 Å². The van der Waals surface area contributed by atoms with E-state index in [-0.39, 0.29) is 0 Å². The summed E-state index contributed by atoms with van der Waals surface area (Å²) in [6.07, 6.45) is 3.98. The summed E-state index contributed by atoms with van der Waals surface area (Å²) in [5.41, 5.74) is 1.19. The zero-order chi connectivity index (χ0) is 9.97. The molecule has 1 unspecified atom stereocenters. The molecule has 1 atom stereocenters. The van der Waals surface area contributed by atoms with Crippen LogP contribution in [0, 0.1) is 5.92 Å². The Morgan fingerprint density at radius 2 is 2.00 bits per heavy atom. The van der Waals surface area contributed by atoms with Crippen LogP contribution < -0.4 is 5.32 Å². The average molecular weight is 210 g/mol. The van der Waals surface area contributed by atoms with Crippen LogP contribution in [0.4, 0.5) is 5.69 Å². The molecule has 1 fully saturated rings. The van der Waals surface area contributed by atoms with Crippen LogP contribution in [-0.2, 0) is 0 Å². The van der Waals surface area contributed by atoms with Gasteiger partial charge in [-0.15, -0.1) is 0 Å². The summed E-state index contributed by atoms with van der Waals surface area (Å²) in [6, 6.07) is 8.62. The summed E-state index contributed by atoms with van der Waals surface area (Å²) in [5, 5.41) is 4.36. The van der Waals surface area contributed by atoms with Crippen molar-refractivity contribution in [2.24, 2.45) is 5.92 Å². The molecule has 0 spiro atoms. The van der Waals surface area contributed by atoms with Crippen LogP contribution in [0.2, 0.25) is 5.02 Å². The fourth-order valence-corrected chi connectivity index (χ4v) is 1.94. The van der Waals surface area contributed by atoms with Gasteiger partial charge in [0.25, 0.3) is 0 Å². The highest BCUT2D eigenvalue weighted by Crippen LogP contribution is 2.35. The normalized spacial score (nSPS) is 17.9. The molecule has 14 heavy (non-hydrogen) atoms. The predicted molar refractivity (Wildman–Crippen MR) is 61.9 cm³/mol. The molecule has 0 bridgehead atoms. The second-order valence-electron chi connectivity index (χ2n) is 4.00. The van der Waals surface area contributed by atoms with E-state index in [9.17, 15) is 0 Å². The number of nitrogens with one attached hydrogen (secondary N) is 1. The molecule has 2 heteroatoms. The topological polar surface area (TPSA) is 12.0 Å². The predicted octanol–water partition coefficient (Wildman–Crippen LogP) is 3.94. The maximum Gasteiger partial charge on any atom is 0.0407 e. The van der Waals surface area contributed by atoms with E-state index in [1.54, 1.807) is 0 Å². The molecule has 1 aromatic carbocycles. The minimum atomic E-state index is 0.649. The molecule has 2 rings (SSSR count). The third-order valence-corrected chi connectivity index (χ3v) is 3.08. The molecule has 1 N–H and O–H groups in total. The molecule has 0 heterocycles. The lowest BCUT2D eigenvalue weighted by Crippen LogP contribution is -2.20. The summed E-state index contributed by atoms with van der Waals surface area (Å²) in [7, 11) is 0. The van der Waals surface area contributed by atoms with Crippen molar-refractivity contribution in [2.75, 3.05) is 5.32 Å². The van der Waals surface area contributed by atoms with Crippen molar-refractivity contribution in [1.29, 1.82) is 0 Å². The van der Waals surface area contributed by atoms with Gasteiger partial charge in [0.15, 0.2) is 0 Å². The van der Waals surface area contributed by atoms with Crippen molar-refractivity contribution in [3.63, 3.8) is 0 Å². The van der Waals surface area contributed by atoms with E-state index in [0.29, 0.717) is 6.04 Å². The van der Waals surface area contributed by atoms with Crippen molar-refractivity contribution in [2.45, 2.75) is 32.2 Å². The van der Waals surface area contributed by atoms with Gasteiger partial charge in [-0.25, -0.2) is 0 Å². The number of rotatable bonds is 4. The first-order valence-electron chi connectivity index (χ1n) is 5.31. The fraction of sp³-hybridized carbons (Fsp3) is 0.500. The van der Waals surface area contributed by atoms with Crippen LogP contribution >= 0.6 is 11.6 Å². The van der Waals surface area contributed by atoms with Crippen molar-refractivity contribution >= 4 is 17.3 Å². The molecular formula is C12H16ClN. The molecule has 1 aromatic rings. The van der Waals surface area contributed by atoms with Gasteiger partial charge in [-0.3, -0.25) is 0 Å². The highest BCUT2D eigenvalue weighted by Gasteiger charge is 2.29. The minimum absolute atomic E-state index is 0.649. The number of hydrogen-bond donors (Lipinski definition) is 1. The lowest BCUT2D eigenvalue weighted by molar-refractivity contribution is 0.616. The third-order valence-electron chi connectivity index (χ3n) is 2.83. The largest absolute Gasteiger partial charge is 0.382 e. The third kappa shape index (κ3) is 2.42. The molecule has 1 nitrogen and oxygen atoms in total. The van der Waals surface area contributed by atoms with Crippen LogP contribution in [-0.4, -0.2) is 6.04 Å². The maximum atomic E-state index is 5.83. The molecule has 76 valence electrons. The molecule has 0 radical (unpaired) electrons. The van der Waals surface area contributed by atoms with Crippen LogP contribution in [0.3, 0.4) is 0 Å². The van der Waals surface area contributed by atoms with Gasteiger partial charge in [0.2, 0.25) is 0 Å². The van der Waals surface area contributed by atoms with E-state index >= 15 is 0 Å². The zero-order valence-corrected chi connectivity index (χ0v) is 9.22. The van der Waals surface area contributed by atoms with Crippen molar-refractivity contribution in [3.8, 4) is 0 Å².